The molecule has 0 unspecified atom stereocenters. The van der Waals surface area contributed by atoms with Gasteiger partial charge in [-0.15, -0.1) is 0 Å². The monoisotopic (exact) mass is 224 g/mol. The highest BCUT2D eigenvalue weighted by Gasteiger charge is 2.07. The number of thioether (sulfide) groups is 1. The van der Waals surface area contributed by atoms with Crippen molar-refractivity contribution in [2.75, 3.05) is 17.6 Å². The quantitative estimate of drug-likeness (QED) is 0.793. The van der Waals surface area contributed by atoms with Gasteiger partial charge in [0.05, 0.1) is 0 Å². The van der Waals surface area contributed by atoms with Crippen LogP contribution in [0.4, 0.5) is 10.1 Å². The van der Waals surface area contributed by atoms with Crippen LogP contribution >= 0.6 is 11.8 Å². The Bertz CT molecular complexity index is 390. The first-order valence-corrected chi connectivity index (χ1v) is 5.95. The van der Waals surface area contributed by atoms with E-state index < -0.39 is 0 Å². The fraction of sp³-hybridized carbons (Fsp3) is 0.364. The Morgan fingerprint density at radius 1 is 1.47 bits per heavy atom. The molecular weight excluding hydrogens is 211 g/mol. The van der Waals surface area contributed by atoms with E-state index in [9.17, 15) is 4.39 Å². The molecule has 0 aromatic heterocycles. The van der Waals surface area contributed by atoms with Crippen LogP contribution in [-0.2, 0) is 0 Å². The van der Waals surface area contributed by atoms with Crippen molar-refractivity contribution in [3.05, 3.63) is 29.6 Å². The lowest BCUT2D eigenvalue weighted by atomic mass is 10.2. The standard InChI is InChI=1S/C11H13FN2S/c1-8-3-4-9(12)7-10(8)14-11-13-5-2-6-15-11/h3-4,7H,2,5-6H2,1H3,(H,13,14). The van der Waals surface area contributed by atoms with E-state index in [0.717, 1.165) is 35.1 Å². The fourth-order valence-electron chi connectivity index (χ4n) is 1.38. The Labute approximate surface area is 93.0 Å². The lowest BCUT2D eigenvalue weighted by Gasteiger charge is -2.14. The minimum absolute atomic E-state index is 0.218. The number of amidine groups is 1. The van der Waals surface area contributed by atoms with Crippen LogP contribution in [0.25, 0.3) is 0 Å². The maximum Gasteiger partial charge on any atom is 0.161 e. The van der Waals surface area contributed by atoms with Gasteiger partial charge in [0.1, 0.15) is 5.82 Å². The normalized spacial score (nSPS) is 16.0. The second-order valence-electron chi connectivity index (χ2n) is 3.47. The van der Waals surface area contributed by atoms with Crippen molar-refractivity contribution in [1.29, 1.82) is 0 Å². The molecule has 0 saturated heterocycles. The molecule has 15 heavy (non-hydrogen) atoms. The van der Waals surface area contributed by atoms with Gasteiger partial charge in [-0.05, 0) is 31.0 Å². The maximum atomic E-state index is 13.0. The summed E-state index contributed by atoms with van der Waals surface area (Å²) in [5.74, 6) is 0.865. The van der Waals surface area contributed by atoms with Gasteiger partial charge in [0.15, 0.2) is 5.17 Å². The molecule has 0 aliphatic carbocycles. The van der Waals surface area contributed by atoms with Crippen LogP contribution in [0, 0.1) is 12.7 Å². The maximum absolute atomic E-state index is 13.0. The first kappa shape index (κ1) is 10.5. The van der Waals surface area contributed by atoms with E-state index in [1.54, 1.807) is 17.8 Å². The van der Waals surface area contributed by atoms with Crippen LogP contribution < -0.4 is 5.32 Å². The molecule has 1 aliphatic rings. The van der Waals surface area contributed by atoms with Crippen LogP contribution in [0.5, 0.6) is 0 Å². The molecule has 1 aromatic rings. The number of benzene rings is 1. The molecule has 2 rings (SSSR count). The Morgan fingerprint density at radius 2 is 2.33 bits per heavy atom. The van der Waals surface area contributed by atoms with Crippen molar-refractivity contribution in [3.8, 4) is 0 Å². The van der Waals surface area contributed by atoms with Gasteiger partial charge in [-0.1, -0.05) is 17.8 Å². The summed E-state index contributed by atoms with van der Waals surface area (Å²) < 4.78 is 13.0. The summed E-state index contributed by atoms with van der Waals surface area (Å²) >= 11 is 1.69. The van der Waals surface area contributed by atoms with Crippen LogP contribution in [0.1, 0.15) is 12.0 Å². The zero-order valence-electron chi connectivity index (χ0n) is 8.59. The summed E-state index contributed by atoms with van der Waals surface area (Å²) in [6, 6.07) is 4.75. The summed E-state index contributed by atoms with van der Waals surface area (Å²) in [6.07, 6.45) is 1.12. The number of nitrogens with zero attached hydrogens (tertiary/aromatic N) is 1. The number of hydrogen-bond acceptors (Lipinski definition) is 3. The third-order valence-electron chi connectivity index (χ3n) is 2.24. The Balaban J connectivity index is 2.15. The van der Waals surface area contributed by atoms with E-state index in [1.807, 2.05) is 6.92 Å². The number of aryl methyl sites for hydroxylation is 1. The molecule has 0 amide bonds. The van der Waals surface area contributed by atoms with Gasteiger partial charge in [-0.25, -0.2) is 4.39 Å². The molecule has 80 valence electrons. The topological polar surface area (TPSA) is 24.4 Å². The summed E-state index contributed by atoms with van der Waals surface area (Å²) in [5.41, 5.74) is 1.84. The van der Waals surface area contributed by atoms with Crippen molar-refractivity contribution in [1.82, 2.24) is 0 Å². The summed E-state index contributed by atoms with van der Waals surface area (Å²) in [7, 11) is 0. The number of nitrogens with one attached hydrogen (secondary N) is 1. The van der Waals surface area contributed by atoms with Gasteiger partial charge < -0.3 is 5.32 Å². The SMILES string of the molecule is Cc1ccc(F)cc1NC1=NCCCS1. The number of aliphatic imine (C=N–C) groups is 1. The molecule has 1 aliphatic heterocycles. The average Bonchev–Trinajstić information content (AvgIpc) is 2.25. The third-order valence-corrected chi connectivity index (χ3v) is 3.24. The van der Waals surface area contributed by atoms with Crippen LogP contribution in [0.15, 0.2) is 23.2 Å². The van der Waals surface area contributed by atoms with Crippen LogP contribution in [0.2, 0.25) is 0 Å². The van der Waals surface area contributed by atoms with Crippen LogP contribution in [-0.4, -0.2) is 17.5 Å². The molecule has 0 saturated carbocycles. The molecule has 1 heterocycles. The first-order valence-electron chi connectivity index (χ1n) is 4.96. The average molecular weight is 224 g/mol. The molecule has 0 fully saturated rings. The zero-order valence-corrected chi connectivity index (χ0v) is 9.40. The van der Waals surface area contributed by atoms with Crippen LogP contribution in [0.3, 0.4) is 0 Å². The van der Waals surface area contributed by atoms with Gasteiger partial charge >= 0.3 is 0 Å². The smallest absolute Gasteiger partial charge is 0.161 e. The summed E-state index contributed by atoms with van der Waals surface area (Å²) in [4.78, 5) is 4.34. The Morgan fingerprint density at radius 3 is 3.07 bits per heavy atom. The zero-order chi connectivity index (χ0) is 10.7. The second kappa shape index (κ2) is 4.66. The highest BCUT2D eigenvalue weighted by Crippen LogP contribution is 2.20. The van der Waals surface area contributed by atoms with E-state index in [4.69, 9.17) is 0 Å². The third kappa shape index (κ3) is 2.72. The van der Waals surface area contributed by atoms with Gasteiger partial charge in [-0.2, -0.15) is 0 Å². The van der Waals surface area contributed by atoms with Crippen molar-refractivity contribution in [2.45, 2.75) is 13.3 Å². The molecule has 0 atom stereocenters. The highest BCUT2D eigenvalue weighted by atomic mass is 32.2. The molecule has 0 bridgehead atoms. The number of halogens is 1. The predicted octanol–water partition coefficient (Wildman–Crippen LogP) is 3.04. The fourth-order valence-corrected chi connectivity index (χ4v) is 2.21. The van der Waals surface area contributed by atoms with Gasteiger partial charge in [0, 0.05) is 18.0 Å². The lowest BCUT2D eigenvalue weighted by molar-refractivity contribution is 0.628. The predicted molar refractivity (Wildman–Crippen MR) is 64.1 cm³/mol. The molecule has 1 N–H and O–H groups in total. The van der Waals surface area contributed by atoms with E-state index in [-0.39, 0.29) is 5.82 Å². The number of anilines is 1. The van der Waals surface area contributed by atoms with Gasteiger partial charge in [-0.3, -0.25) is 4.99 Å². The number of rotatable bonds is 1. The minimum Gasteiger partial charge on any atom is -0.335 e. The Kier molecular flexibility index (Phi) is 3.26. The number of hydrogen-bond donors (Lipinski definition) is 1. The van der Waals surface area contributed by atoms with E-state index >= 15 is 0 Å². The first-order chi connectivity index (χ1) is 7.25. The van der Waals surface area contributed by atoms with Gasteiger partial charge in [0.2, 0.25) is 0 Å². The highest BCUT2D eigenvalue weighted by molar-refractivity contribution is 8.14. The molecule has 1 aromatic carbocycles. The van der Waals surface area contributed by atoms with E-state index in [1.165, 1.54) is 12.1 Å². The van der Waals surface area contributed by atoms with Crippen molar-refractivity contribution in [2.24, 2.45) is 4.99 Å². The molecule has 4 heteroatoms. The molecular formula is C11H13FN2S. The van der Waals surface area contributed by atoms with Crippen molar-refractivity contribution >= 4 is 22.6 Å². The molecule has 2 nitrogen and oxygen atoms in total. The van der Waals surface area contributed by atoms with E-state index in [0.29, 0.717) is 0 Å². The largest absolute Gasteiger partial charge is 0.335 e. The Hall–Kier alpha value is -1.03. The van der Waals surface area contributed by atoms with E-state index in [2.05, 4.69) is 10.3 Å². The van der Waals surface area contributed by atoms with Crippen molar-refractivity contribution < 1.29 is 4.39 Å². The van der Waals surface area contributed by atoms with Gasteiger partial charge in [0.25, 0.3) is 0 Å². The minimum atomic E-state index is -0.218. The molecule has 0 spiro atoms. The second-order valence-corrected chi connectivity index (χ2v) is 4.56. The summed E-state index contributed by atoms with van der Waals surface area (Å²) in [5, 5.41) is 4.06. The lowest BCUT2D eigenvalue weighted by Crippen LogP contribution is -2.14. The molecule has 0 radical (unpaired) electrons. The van der Waals surface area contributed by atoms with Crippen molar-refractivity contribution in [3.63, 3.8) is 0 Å². The summed E-state index contributed by atoms with van der Waals surface area (Å²) in [6.45, 7) is 2.82.